The summed E-state index contributed by atoms with van der Waals surface area (Å²) in [4.78, 5) is 15.8. The first-order valence-corrected chi connectivity index (χ1v) is 5.82. The number of nitriles is 1. The first-order chi connectivity index (χ1) is 8.08. The van der Waals surface area contributed by atoms with Gasteiger partial charge < -0.3 is 10.2 Å². The minimum absolute atomic E-state index is 0.279. The summed E-state index contributed by atoms with van der Waals surface area (Å²) in [5, 5.41) is 14.9. The predicted molar refractivity (Wildman–Crippen MR) is 67.4 cm³/mol. The van der Waals surface area contributed by atoms with E-state index in [1.54, 1.807) is 12.2 Å². The van der Waals surface area contributed by atoms with Crippen LogP contribution in [0.5, 0.6) is 0 Å². The van der Waals surface area contributed by atoms with E-state index in [0.717, 1.165) is 11.3 Å². The molecule has 0 fully saturated rings. The van der Waals surface area contributed by atoms with Gasteiger partial charge >= 0.3 is 0 Å². The first-order valence-electron chi connectivity index (χ1n) is 4.91. The summed E-state index contributed by atoms with van der Waals surface area (Å²) in [6.45, 7) is 1.85. The highest BCUT2D eigenvalue weighted by Gasteiger charge is 2.17. The van der Waals surface area contributed by atoms with Crippen molar-refractivity contribution < 1.29 is 9.63 Å². The van der Waals surface area contributed by atoms with Crippen LogP contribution in [-0.4, -0.2) is 23.7 Å². The van der Waals surface area contributed by atoms with E-state index < -0.39 is 4.95 Å². The number of nitrogens with one attached hydrogen (secondary N) is 1. The fraction of sp³-hybridized carbons (Fsp3) is 0.364. The molecule has 1 N–H and O–H groups in total. The summed E-state index contributed by atoms with van der Waals surface area (Å²) >= 11 is 3.02. The molecule has 1 aliphatic rings. The van der Waals surface area contributed by atoms with Crippen LogP contribution in [0, 0.1) is 11.3 Å². The van der Waals surface area contributed by atoms with Gasteiger partial charge in [-0.25, -0.2) is 0 Å². The molecule has 90 valence electrons. The van der Waals surface area contributed by atoms with Crippen LogP contribution >= 0.6 is 15.9 Å². The lowest BCUT2D eigenvalue weighted by atomic mass is 9.97. The normalized spacial score (nSPS) is 18.8. The Morgan fingerprint density at radius 2 is 2.41 bits per heavy atom. The number of nitrogens with zero attached hydrogens (tertiary/aromatic N) is 2. The maximum absolute atomic E-state index is 11.8. The zero-order chi connectivity index (χ0) is 12.8. The minimum Gasteiger partial charge on any atom is -0.399 e. The Balaban J connectivity index is 2.78. The lowest BCUT2D eigenvalue weighted by Crippen LogP contribution is -2.31. The fourth-order valence-electron chi connectivity index (χ4n) is 1.42. The van der Waals surface area contributed by atoms with E-state index in [-0.39, 0.29) is 5.91 Å². The molecule has 0 radical (unpaired) electrons. The van der Waals surface area contributed by atoms with Crippen molar-refractivity contribution in [3.8, 4) is 6.07 Å². The number of oxime groups is 1. The molecule has 0 bridgehead atoms. The van der Waals surface area contributed by atoms with Crippen molar-refractivity contribution in [2.24, 2.45) is 5.16 Å². The number of allylic oxidation sites excluding steroid dienone is 2. The number of hydrogen-bond donors (Lipinski definition) is 1. The number of amides is 1. The molecule has 0 aromatic carbocycles. The van der Waals surface area contributed by atoms with Gasteiger partial charge in [-0.05, 0) is 35.0 Å². The highest BCUT2D eigenvalue weighted by Crippen LogP contribution is 2.17. The molecule has 0 aromatic heterocycles. The summed E-state index contributed by atoms with van der Waals surface area (Å²) in [7, 11) is 1.48. The second-order valence-corrected chi connectivity index (χ2v) is 4.35. The molecule has 0 spiro atoms. The Kier molecular flexibility index (Phi) is 4.91. The average Bonchev–Trinajstić information content (AvgIpc) is 2.29. The molecule has 1 aliphatic carbocycles. The van der Waals surface area contributed by atoms with Crippen LogP contribution in [0.2, 0.25) is 0 Å². The van der Waals surface area contributed by atoms with Crippen LogP contribution in [0.4, 0.5) is 0 Å². The maximum Gasteiger partial charge on any atom is 0.252 e. The van der Waals surface area contributed by atoms with E-state index in [9.17, 15) is 4.79 Å². The minimum atomic E-state index is -0.683. The molecule has 17 heavy (non-hydrogen) atoms. The second kappa shape index (κ2) is 6.21. The third kappa shape index (κ3) is 3.71. The monoisotopic (exact) mass is 297 g/mol. The van der Waals surface area contributed by atoms with E-state index in [1.807, 2.05) is 13.0 Å². The molecule has 1 unspecified atom stereocenters. The van der Waals surface area contributed by atoms with E-state index in [0.29, 0.717) is 12.0 Å². The highest BCUT2D eigenvalue weighted by molar-refractivity contribution is 9.09. The van der Waals surface area contributed by atoms with E-state index in [2.05, 4.69) is 31.2 Å². The van der Waals surface area contributed by atoms with Gasteiger partial charge in [-0.3, -0.25) is 4.79 Å². The summed E-state index contributed by atoms with van der Waals surface area (Å²) < 4.78 is 0. The highest BCUT2D eigenvalue weighted by atomic mass is 79.9. The summed E-state index contributed by atoms with van der Waals surface area (Å²) in [6.07, 6.45) is 3.96. The molecule has 0 aliphatic heterocycles. The van der Waals surface area contributed by atoms with Crippen LogP contribution in [0.3, 0.4) is 0 Å². The van der Waals surface area contributed by atoms with Gasteiger partial charge in [0.1, 0.15) is 7.11 Å². The third-order valence-corrected chi connectivity index (χ3v) is 2.61. The predicted octanol–water partition coefficient (Wildman–Crippen LogP) is 1.63. The summed E-state index contributed by atoms with van der Waals surface area (Å²) in [6, 6.07) is 1.87. The molecule has 0 saturated carbocycles. The Bertz CT molecular complexity index is 446. The van der Waals surface area contributed by atoms with Gasteiger partial charge in [-0.15, -0.1) is 0 Å². The molecule has 0 saturated heterocycles. The van der Waals surface area contributed by atoms with Crippen LogP contribution in [0.25, 0.3) is 0 Å². The topological polar surface area (TPSA) is 74.5 Å². The molecule has 0 heterocycles. The molecule has 1 atom stereocenters. The van der Waals surface area contributed by atoms with Gasteiger partial charge in [0.25, 0.3) is 5.91 Å². The molecular formula is C11H12BrN3O2. The van der Waals surface area contributed by atoms with Gasteiger partial charge in [-0.1, -0.05) is 10.7 Å². The smallest absolute Gasteiger partial charge is 0.252 e. The zero-order valence-electron chi connectivity index (χ0n) is 9.53. The quantitative estimate of drug-likeness (QED) is 0.489. The Morgan fingerprint density at radius 1 is 1.71 bits per heavy atom. The average molecular weight is 298 g/mol. The molecule has 1 rings (SSSR count). The van der Waals surface area contributed by atoms with Gasteiger partial charge in [0.15, 0.2) is 4.95 Å². The summed E-state index contributed by atoms with van der Waals surface area (Å²) in [5.41, 5.74) is 2.20. The molecular weight excluding hydrogens is 286 g/mol. The first kappa shape index (κ1) is 13.5. The lowest BCUT2D eigenvalue weighted by molar-refractivity contribution is -0.117. The molecule has 5 nitrogen and oxygen atoms in total. The lowest BCUT2D eigenvalue weighted by Gasteiger charge is -2.13. The number of alkyl halides is 1. The van der Waals surface area contributed by atoms with Crippen molar-refractivity contribution in [1.29, 1.82) is 5.26 Å². The van der Waals surface area contributed by atoms with Crippen LogP contribution in [0.1, 0.15) is 13.3 Å². The van der Waals surface area contributed by atoms with Crippen molar-refractivity contribution in [1.82, 2.24) is 5.32 Å². The summed E-state index contributed by atoms with van der Waals surface area (Å²) in [5.74, 6) is -0.279. The van der Waals surface area contributed by atoms with E-state index in [4.69, 9.17) is 5.26 Å². The Morgan fingerprint density at radius 3 is 2.94 bits per heavy atom. The van der Waals surface area contributed by atoms with Crippen LogP contribution in [-0.2, 0) is 9.63 Å². The molecule has 1 amide bonds. The second-order valence-electron chi connectivity index (χ2n) is 3.43. The molecule has 0 aromatic rings. The van der Waals surface area contributed by atoms with Crippen molar-refractivity contribution >= 4 is 27.5 Å². The Labute approximate surface area is 108 Å². The van der Waals surface area contributed by atoms with Crippen molar-refractivity contribution in [2.75, 3.05) is 7.11 Å². The van der Waals surface area contributed by atoms with Gasteiger partial charge in [0, 0.05) is 12.0 Å². The maximum atomic E-state index is 11.8. The number of halogens is 1. The Hall–Kier alpha value is -1.61. The van der Waals surface area contributed by atoms with Crippen LogP contribution in [0.15, 0.2) is 28.5 Å². The number of carbonyl (C=O) groups excluding carboxylic acids is 1. The zero-order valence-corrected chi connectivity index (χ0v) is 11.1. The van der Waals surface area contributed by atoms with Gasteiger partial charge in [0.2, 0.25) is 0 Å². The number of rotatable bonds is 3. The van der Waals surface area contributed by atoms with Gasteiger partial charge in [0.05, 0.1) is 11.8 Å². The van der Waals surface area contributed by atoms with Crippen LogP contribution < -0.4 is 5.32 Å². The van der Waals surface area contributed by atoms with Crippen molar-refractivity contribution in [3.63, 3.8) is 0 Å². The SMILES string of the molecule is CON=C1C=CC(C(=O)NC(Br)C#N)=C(C)C1. The standard InChI is InChI=1S/C11H12BrN3O2/c1-7-5-8(15-17-2)3-4-9(7)11(16)14-10(12)6-13/h3-4,10H,5H2,1-2H3,(H,14,16). The van der Waals surface area contributed by atoms with E-state index >= 15 is 0 Å². The van der Waals surface area contributed by atoms with Crippen molar-refractivity contribution in [2.45, 2.75) is 18.3 Å². The fourth-order valence-corrected chi connectivity index (χ4v) is 1.63. The largest absolute Gasteiger partial charge is 0.399 e. The molecule has 6 heteroatoms. The van der Waals surface area contributed by atoms with Gasteiger partial charge in [-0.2, -0.15) is 5.26 Å². The van der Waals surface area contributed by atoms with Crippen molar-refractivity contribution in [3.05, 3.63) is 23.3 Å². The number of carbonyl (C=O) groups is 1. The van der Waals surface area contributed by atoms with E-state index in [1.165, 1.54) is 7.11 Å². The third-order valence-electron chi connectivity index (χ3n) is 2.17. The number of hydrogen-bond acceptors (Lipinski definition) is 4.